The minimum absolute atomic E-state index is 0.114. The van der Waals surface area contributed by atoms with Crippen molar-refractivity contribution in [3.05, 3.63) is 35.4 Å². The van der Waals surface area contributed by atoms with Gasteiger partial charge in [0.05, 0.1) is 0 Å². The minimum Gasteiger partial charge on any atom is -0.384 e. The highest BCUT2D eigenvalue weighted by molar-refractivity contribution is 5.78. The summed E-state index contributed by atoms with van der Waals surface area (Å²) in [5.41, 5.74) is 2.15. The second-order valence-corrected chi connectivity index (χ2v) is 5.32. The summed E-state index contributed by atoms with van der Waals surface area (Å²) >= 11 is 0. The number of nitrogens with one attached hydrogen (secondary N) is 1. The maximum atomic E-state index is 11.6. The van der Waals surface area contributed by atoms with Crippen molar-refractivity contribution in [2.24, 2.45) is 5.92 Å². The van der Waals surface area contributed by atoms with E-state index in [9.17, 15) is 4.79 Å². The molecule has 1 aliphatic heterocycles. The Morgan fingerprint density at radius 2 is 2.19 bits per heavy atom. The Balaban J connectivity index is 1.90. The fraction of sp³-hybridized carbons (Fsp3) is 0.471. The number of hydrogen-bond donors (Lipinski definition) is 2. The summed E-state index contributed by atoms with van der Waals surface area (Å²) in [6.45, 7) is 2.67. The lowest BCUT2D eigenvalue weighted by atomic mass is 9.95. The first-order chi connectivity index (χ1) is 10.2. The van der Waals surface area contributed by atoms with Crippen LogP contribution in [0.15, 0.2) is 24.3 Å². The molecule has 0 aromatic heterocycles. The van der Waals surface area contributed by atoms with Crippen LogP contribution in [0.2, 0.25) is 0 Å². The Morgan fingerprint density at radius 3 is 2.86 bits per heavy atom. The van der Waals surface area contributed by atoms with Crippen LogP contribution in [0.1, 0.15) is 24.0 Å². The molecule has 1 aromatic rings. The molecule has 0 bridgehead atoms. The third-order valence-corrected chi connectivity index (χ3v) is 3.85. The van der Waals surface area contributed by atoms with E-state index in [-0.39, 0.29) is 18.4 Å². The number of aliphatic hydroxyl groups is 1. The molecule has 1 saturated heterocycles. The van der Waals surface area contributed by atoms with Gasteiger partial charge in [-0.15, -0.1) is 0 Å². The van der Waals surface area contributed by atoms with E-state index in [4.69, 9.17) is 5.11 Å². The molecule has 0 spiro atoms. The van der Waals surface area contributed by atoms with Crippen LogP contribution in [0.3, 0.4) is 0 Å². The lowest BCUT2D eigenvalue weighted by molar-refractivity contribution is -0.125. The molecule has 1 amide bonds. The van der Waals surface area contributed by atoms with Gasteiger partial charge >= 0.3 is 0 Å². The Kier molecular flexibility index (Phi) is 5.79. The summed E-state index contributed by atoms with van der Waals surface area (Å²) in [7, 11) is 1.70. The highest BCUT2D eigenvalue weighted by Crippen LogP contribution is 2.19. The zero-order valence-corrected chi connectivity index (χ0v) is 12.4. The molecule has 4 heteroatoms. The van der Waals surface area contributed by atoms with Gasteiger partial charge in [0, 0.05) is 25.1 Å². The number of carbonyl (C=O) groups excluding carboxylic acids is 1. The first-order valence-corrected chi connectivity index (χ1v) is 7.35. The number of rotatable bonds is 3. The average Bonchev–Trinajstić information content (AvgIpc) is 2.53. The number of likely N-dealkylation sites (tertiary alicyclic amines) is 1. The molecule has 2 N–H and O–H groups in total. The highest BCUT2D eigenvalue weighted by Gasteiger charge is 2.23. The lowest BCUT2D eigenvalue weighted by Crippen LogP contribution is -2.39. The molecule has 4 nitrogen and oxygen atoms in total. The number of nitrogens with zero attached hydrogens (tertiary/aromatic N) is 1. The van der Waals surface area contributed by atoms with Crippen LogP contribution in [-0.2, 0) is 11.3 Å². The van der Waals surface area contributed by atoms with Gasteiger partial charge in [-0.05, 0) is 43.6 Å². The van der Waals surface area contributed by atoms with Crippen molar-refractivity contribution >= 4 is 5.91 Å². The largest absolute Gasteiger partial charge is 0.384 e. The number of carbonyl (C=O) groups is 1. The molecular weight excluding hydrogens is 264 g/mol. The lowest BCUT2D eigenvalue weighted by Gasteiger charge is -2.31. The molecule has 1 aliphatic rings. The Labute approximate surface area is 126 Å². The maximum Gasteiger partial charge on any atom is 0.222 e. The predicted octanol–water partition coefficient (Wildman–Crippen LogP) is 0.988. The minimum atomic E-state index is -0.114. The van der Waals surface area contributed by atoms with Crippen molar-refractivity contribution in [3.8, 4) is 11.8 Å². The summed E-state index contributed by atoms with van der Waals surface area (Å²) in [4.78, 5) is 14.0. The van der Waals surface area contributed by atoms with Crippen LogP contribution in [0, 0.1) is 17.8 Å². The number of hydrogen-bond acceptors (Lipinski definition) is 3. The molecule has 0 atom stereocenters. The summed E-state index contributed by atoms with van der Waals surface area (Å²) in [5.74, 6) is 5.92. The first-order valence-electron chi connectivity index (χ1n) is 7.35. The number of aliphatic hydroxyl groups excluding tert-OH is 1. The first kappa shape index (κ1) is 15.6. The van der Waals surface area contributed by atoms with Crippen LogP contribution in [0.25, 0.3) is 0 Å². The second kappa shape index (κ2) is 7.82. The normalized spacial score (nSPS) is 16.1. The van der Waals surface area contributed by atoms with Gasteiger partial charge in [-0.25, -0.2) is 0 Å². The van der Waals surface area contributed by atoms with Gasteiger partial charge < -0.3 is 10.4 Å². The van der Waals surface area contributed by atoms with Gasteiger partial charge in [0.25, 0.3) is 0 Å². The molecule has 1 aromatic carbocycles. The van der Waals surface area contributed by atoms with E-state index in [0.29, 0.717) is 0 Å². The SMILES string of the molecule is CNC(=O)C1CCN(Cc2cccc(C#CCO)c2)CC1. The quantitative estimate of drug-likeness (QED) is 0.815. The van der Waals surface area contributed by atoms with Crippen LogP contribution < -0.4 is 5.32 Å². The van der Waals surface area contributed by atoms with Crippen molar-refractivity contribution in [3.63, 3.8) is 0 Å². The summed E-state index contributed by atoms with van der Waals surface area (Å²) in [5, 5.41) is 11.5. The molecule has 0 saturated carbocycles. The number of piperidine rings is 1. The zero-order chi connectivity index (χ0) is 15.1. The molecule has 0 unspecified atom stereocenters. The number of benzene rings is 1. The summed E-state index contributed by atoms with van der Waals surface area (Å²) in [6, 6.07) is 8.10. The van der Waals surface area contributed by atoms with Gasteiger partial charge in [0.2, 0.25) is 5.91 Å². The van der Waals surface area contributed by atoms with Crippen molar-refractivity contribution in [2.75, 3.05) is 26.7 Å². The molecule has 21 heavy (non-hydrogen) atoms. The fourth-order valence-electron chi connectivity index (χ4n) is 2.70. The van der Waals surface area contributed by atoms with Crippen LogP contribution >= 0.6 is 0 Å². The van der Waals surface area contributed by atoms with Gasteiger partial charge in [-0.3, -0.25) is 9.69 Å². The van der Waals surface area contributed by atoms with Crippen molar-refractivity contribution < 1.29 is 9.90 Å². The van der Waals surface area contributed by atoms with Gasteiger partial charge in [-0.2, -0.15) is 0 Å². The van der Waals surface area contributed by atoms with Crippen molar-refractivity contribution in [2.45, 2.75) is 19.4 Å². The van der Waals surface area contributed by atoms with Gasteiger partial charge in [0.1, 0.15) is 6.61 Å². The molecule has 1 fully saturated rings. The zero-order valence-electron chi connectivity index (χ0n) is 12.4. The monoisotopic (exact) mass is 286 g/mol. The smallest absolute Gasteiger partial charge is 0.222 e. The van der Waals surface area contributed by atoms with Crippen molar-refractivity contribution in [1.82, 2.24) is 10.2 Å². The molecule has 0 aliphatic carbocycles. The van der Waals surface area contributed by atoms with E-state index >= 15 is 0 Å². The van der Waals surface area contributed by atoms with E-state index in [1.54, 1.807) is 7.05 Å². The van der Waals surface area contributed by atoms with Crippen LogP contribution in [0.4, 0.5) is 0 Å². The molecule has 112 valence electrons. The third kappa shape index (κ3) is 4.59. The molecule has 0 radical (unpaired) electrons. The van der Waals surface area contributed by atoms with E-state index in [1.165, 1.54) is 5.56 Å². The summed E-state index contributed by atoms with van der Waals surface area (Å²) in [6.07, 6.45) is 1.84. The van der Waals surface area contributed by atoms with Crippen molar-refractivity contribution in [1.29, 1.82) is 0 Å². The molecule has 1 heterocycles. The highest BCUT2D eigenvalue weighted by atomic mass is 16.2. The van der Waals surface area contributed by atoms with Gasteiger partial charge in [-0.1, -0.05) is 24.0 Å². The van der Waals surface area contributed by atoms with E-state index < -0.39 is 0 Å². The second-order valence-electron chi connectivity index (χ2n) is 5.32. The average molecular weight is 286 g/mol. The fourth-order valence-corrected chi connectivity index (χ4v) is 2.70. The van der Waals surface area contributed by atoms with E-state index in [2.05, 4.69) is 34.2 Å². The third-order valence-electron chi connectivity index (χ3n) is 3.85. The summed E-state index contributed by atoms with van der Waals surface area (Å²) < 4.78 is 0. The maximum absolute atomic E-state index is 11.6. The number of amides is 1. The van der Waals surface area contributed by atoms with Crippen LogP contribution in [-0.4, -0.2) is 42.7 Å². The van der Waals surface area contributed by atoms with Crippen LogP contribution in [0.5, 0.6) is 0 Å². The Bertz CT molecular complexity index is 537. The Morgan fingerprint density at radius 1 is 1.43 bits per heavy atom. The topological polar surface area (TPSA) is 52.6 Å². The predicted molar refractivity (Wildman–Crippen MR) is 82.5 cm³/mol. The molecular formula is C17H22N2O2. The van der Waals surface area contributed by atoms with E-state index in [1.807, 2.05) is 12.1 Å². The molecule has 2 rings (SSSR count). The standard InChI is InChI=1S/C17H22N2O2/c1-18-17(21)16-7-9-19(10-8-16)13-15-5-2-4-14(12-15)6-3-11-20/h2,4-5,12,16,20H,7-11,13H2,1H3,(H,18,21). The van der Waals surface area contributed by atoms with E-state index in [0.717, 1.165) is 38.0 Å². The Hall–Kier alpha value is -1.83. The van der Waals surface area contributed by atoms with Gasteiger partial charge in [0.15, 0.2) is 0 Å².